The van der Waals surface area contributed by atoms with E-state index in [0.717, 1.165) is 55.6 Å². The number of nitrogens with zero attached hydrogens (tertiary/aromatic N) is 2. The molecule has 3 aromatic rings. The molecule has 2 aromatic carbocycles. The molecule has 0 unspecified atom stereocenters. The molecule has 1 aromatic heterocycles. The molecule has 124 valence electrons. The molecule has 4 rings (SSSR count). The molecule has 0 spiro atoms. The zero-order chi connectivity index (χ0) is 16.5. The molecule has 0 amide bonds. The molecular weight excluding hydrogens is 300 g/mol. The fraction of sp³-hybridized carbons (Fsp3) is 0.350. The molecule has 0 saturated carbocycles. The minimum Gasteiger partial charge on any atom is -0.423 e. The van der Waals surface area contributed by atoms with E-state index in [1.807, 2.05) is 24.3 Å². The van der Waals surface area contributed by atoms with E-state index in [2.05, 4.69) is 28.9 Å². The van der Waals surface area contributed by atoms with Crippen LogP contribution in [0.1, 0.15) is 12.5 Å². The summed E-state index contributed by atoms with van der Waals surface area (Å²) in [5, 5.41) is 3.41. The number of piperazine rings is 1. The fourth-order valence-corrected chi connectivity index (χ4v) is 3.65. The van der Waals surface area contributed by atoms with Crippen LogP contribution in [0.4, 0.5) is 0 Å². The second-order valence-corrected chi connectivity index (χ2v) is 6.46. The first-order valence-corrected chi connectivity index (χ1v) is 8.64. The number of hydrogen-bond donors (Lipinski definition) is 0. The Balaban J connectivity index is 1.77. The number of fused-ring (bicyclic) bond motifs is 3. The van der Waals surface area contributed by atoms with E-state index in [1.165, 1.54) is 5.39 Å². The quantitative estimate of drug-likeness (QED) is 0.548. The second-order valence-electron chi connectivity index (χ2n) is 6.46. The van der Waals surface area contributed by atoms with Crippen molar-refractivity contribution in [2.75, 3.05) is 32.7 Å². The van der Waals surface area contributed by atoms with Gasteiger partial charge in [-0.2, -0.15) is 0 Å². The lowest BCUT2D eigenvalue weighted by Gasteiger charge is -2.34. The van der Waals surface area contributed by atoms with Crippen molar-refractivity contribution in [2.24, 2.45) is 0 Å². The fourth-order valence-electron chi connectivity index (χ4n) is 3.65. The van der Waals surface area contributed by atoms with E-state index in [1.54, 1.807) is 6.07 Å². The smallest absolute Gasteiger partial charge is 0.336 e. The van der Waals surface area contributed by atoms with Gasteiger partial charge >= 0.3 is 5.63 Å². The Bertz CT molecular complexity index is 924. The lowest BCUT2D eigenvalue weighted by molar-refractivity contribution is 0.132. The number of hydrogen-bond acceptors (Lipinski definition) is 4. The first kappa shape index (κ1) is 15.4. The van der Waals surface area contributed by atoms with Crippen LogP contribution in [0, 0.1) is 0 Å². The third kappa shape index (κ3) is 2.83. The van der Waals surface area contributed by atoms with E-state index in [-0.39, 0.29) is 5.63 Å². The molecule has 0 radical (unpaired) electrons. The topological polar surface area (TPSA) is 36.7 Å². The Morgan fingerprint density at radius 2 is 1.75 bits per heavy atom. The van der Waals surface area contributed by atoms with E-state index in [4.69, 9.17) is 4.42 Å². The summed E-state index contributed by atoms with van der Waals surface area (Å²) in [7, 11) is 0. The molecule has 1 aliphatic heterocycles. The van der Waals surface area contributed by atoms with E-state index >= 15 is 0 Å². The average Bonchev–Trinajstić information content (AvgIpc) is 2.61. The van der Waals surface area contributed by atoms with Crippen molar-refractivity contribution in [2.45, 2.75) is 13.5 Å². The van der Waals surface area contributed by atoms with Gasteiger partial charge in [0.05, 0.1) is 0 Å². The van der Waals surface area contributed by atoms with Crippen molar-refractivity contribution in [1.29, 1.82) is 0 Å². The van der Waals surface area contributed by atoms with E-state index in [0.29, 0.717) is 5.58 Å². The predicted molar refractivity (Wildman–Crippen MR) is 97.4 cm³/mol. The van der Waals surface area contributed by atoms with Crippen LogP contribution in [0.15, 0.2) is 51.7 Å². The Kier molecular flexibility index (Phi) is 4.08. The molecular formula is C20H22N2O2. The highest BCUT2D eigenvalue weighted by Crippen LogP contribution is 2.28. The van der Waals surface area contributed by atoms with Gasteiger partial charge in [0, 0.05) is 44.2 Å². The van der Waals surface area contributed by atoms with Gasteiger partial charge < -0.3 is 9.32 Å². The highest BCUT2D eigenvalue weighted by molar-refractivity contribution is 6.07. The number of rotatable bonds is 3. The van der Waals surface area contributed by atoms with Crippen molar-refractivity contribution in [3.63, 3.8) is 0 Å². The minimum atomic E-state index is -0.264. The lowest BCUT2D eigenvalue weighted by Crippen LogP contribution is -2.45. The SMILES string of the molecule is CCN1CCN(Cc2cc(=O)oc3ccc4ccccc4c23)CC1. The molecule has 4 heteroatoms. The summed E-state index contributed by atoms with van der Waals surface area (Å²) in [6, 6.07) is 13.9. The van der Waals surface area contributed by atoms with Gasteiger partial charge in [-0.05, 0) is 28.9 Å². The molecule has 0 atom stereocenters. The highest BCUT2D eigenvalue weighted by atomic mass is 16.4. The molecule has 4 nitrogen and oxygen atoms in total. The summed E-state index contributed by atoms with van der Waals surface area (Å²) in [6.45, 7) is 8.38. The Morgan fingerprint density at radius 1 is 1.00 bits per heavy atom. The maximum atomic E-state index is 12.0. The maximum Gasteiger partial charge on any atom is 0.336 e. The van der Waals surface area contributed by atoms with Crippen LogP contribution in [-0.4, -0.2) is 42.5 Å². The first-order chi connectivity index (χ1) is 11.7. The Labute approximate surface area is 141 Å². The lowest BCUT2D eigenvalue weighted by atomic mass is 10.0. The van der Waals surface area contributed by atoms with Crippen LogP contribution >= 0.6 is 0 Å². The predicted octanol–water partition coefficient (Wildman–Crippen LogP) is 3.08. The second kappa shape index (κ2) is 6.38. The maximum absolute atomic E-state index is 12.0. The standard InChI is InChI=1S/C20H22N2O2/c1-2-21-9-11-22(12-10-21)14-16-13-19(23)24-18-8-7-15-5-3-4-6-17(15)20(16)18/h3-8,13H,2,9-12,14H2,1H3. The molecule has 1 aliphatic rings. The third-order valence-corrected chi connectivity index (χ3v) is 5.02. The summed E-state index contributed by atoms with van der Waals surface area (Å²) in [6.07, 6.45) is 0. The van der Waals surface area contributed by atoms with Crippen molar-refractivity contribution in [3.05, 3.63) is 58.4 Å². The van der Waals surface area contributed by atoms with Gasteiger partial charge in [-0.1, -0.05) is 37.3 Å². The van der Waals surface area contributed by atoms with Crippen molar-refractivity contribution in [3.8, 4) is 0 Å². The van der Waals surface area contributed by atoms with Gasteiger partial charge in [-0.3, -0.25) is 4.90 Å². The normalized spacial score (nSPS) is 16.9. The third-order valence-electron chi connectivity index (χ3n) is 5.02. The molecule has 2 heterocycles. The van der Waals surface area contributed by atoms with Crippen molar-refractivity contribution < 1.29 is 4.42 Å². The molecule has 1 fully saturated rings. The summed E-state index contributed by atoms with van der Waals surface area (Å²) in [5.41, 5.74) is 1.49. The first-order valence-electron chi connectivity index (χ1n) is 8.64. The van der Waals surface area contributed by atoms with Crippen LogP contribution in [0.25, 0.3) is 21.7 Å². The monoisotopic (exact) mass is 322 g/mol. The number of likely N-dealkylation sites (N-methyl/N-ethyl adjacent to an activating group) is 1. The summed E-state index contributed by atoms with van der Waals surface area (Å²) in [5.74, 6) is 0. The van der Waals surface area contributed by atoms with Crippen LogP contribution in [0.5, 0.6) is 0 Å². The minimum absolute atomic E-state index is 0.264. The summed E-state index contributed by atoms with van der Waals surface area (Å²) in [4.78, 5) is 16.9. The Hall–Kier alpha value is -2.17. The summed E-state index contributed by atoms with van der Waals surface area (Å²) < 4.78 is 5.45. The van der Waals surface area contributed by atoms with Gasteiger partial charge in [0.2, 0.25) is 0 Å². The van der Waals surface area contributed by atoms with Crippen LogP contribution in [0.2, 0.25) is 0 Å². The van der Waals surface area contributed by atoms with Gasteiger partial charge in [0.25, 0.3) is 0 Å². The highest BCUT2D eigenvalue weighted by Gasteiger charge is 2.18. The average molecular weight is 322 g/mol. The molecule has 0 N–H and O–H groups in total. The van der Waals surface area contributed by atoms with Gasteiger partial charge in [-0.15, -0.1) is 0 Å². The molecule has 1 saturated heterocycles. The molecule has 24 heavy (non-hydrogen) atoms. The van der Waals surface area contributed by atoms with E-state index in [9.17, 15) is 4.79 Å². The van der Waals surface area contributed by atoms with E-state index < -0.39 is 0 Å². The Morgan fingerprint density at radius 3 is 2.54 bits per heavy atom. The largest absolute Gasteiger partial charge is 0.423 e. The van der Waals surface area contributed by atoms with Crippen LogP contribution in [-0.2, 0) is 6.54 Å². The van der Waals surface area contributed by atoms with Crippen LogP contribution < -0.4 is 5.63 Å². The summed E-state index contributed by atoms with van der Waals surface area (Å²) >= 11 is 0. The number of benzene rings is 2. The van der Waals surface area contributed by atoms with Crippen LogP contribution in [0.3, 0.4) is 0 Å². The van der Waals surface area contributed by atoms with Gasteiger partial charge in [0.15, 0.2) is 0 Å². The van der Waals surface area contributed by atoms with Gasteiger partial charge in [0.1, 0.15) is 5.58 Å². The molecule has 0 bridgehead atoms. The zero-order valence-electron chi connectivity index (χ0n) is 14.0. The molecule has 0 aliphatic carbocycles. The van der Waals surface area contributed by atoms with Crippen molar-refractivity contribution in [1.82, 2.24) is 9.80 Å². The zero-order valence-corrected chi connectivity index (χ0v) is 14.0. The van der Waals surface area contributed by atoms with Gasteiger partial charge in [-0.25, -0.2) is 4.79 Å². The van der Waals surface area contributed by atoms with Crippen molar-refractivity contribution >= 4 is 21.7 Å².